The quantitative estimate of drug-likeness (QED) is 0.547. The molecule has 0 aliphatic carbocycles. The molecule has 3 aromatic rings. The van der Waals surface area contributed by atoms with Gasteiger partial charge in [0.1, 0.15) is 5.15 Å². The van der Waals surface area contributed by atoms with E-state index in [1.807, 2.05) is 49.4 Å². The Kier molecular flexibility index (Phi) is 6.95. The summed E-state index contributed by atoms with van der Waals surface area (Å²) in [7, 11) is 1.56. The summed E-state index contributed by atoms with van der Waals surface area (Å²) in [4.78, 5) is 26.7. The summed E-state index contributed by atoms with van der Waals surface area (Å²) in [5.41, 5.74) is 3.67. The average molecular weight is 490 g/mol. The third-order valence-electron chi connectivity index (χ3n) is 4.61. The Morgan fingerprint density at radius 3 is 2.47 bits per heavy atom. The van der Waals surface area contributed by atoms with Crippen molar-refractivity contribution >= 4 is 45.0 Å². The smallest absolute Gasteiger partial charge is 0.259 e. The Morgan fingerprint density at radius 2 is 1.80 bits per heavy atom. The first-order valence-electron chi connectivity index (χ1n) is 9.34. The molecule has 0 fully saturated rings. The van der Waals surface area contributed by atoms with Crippen LogP contribution in [0.3, 0.4) is 0 Å². The zero-order chi connectivity index (χ0) is 21.8. The molecule has 1 aromatic heterocycles. The van der Waals surface area contributed by atoms with Crippen LogP contribution in [-0.2, 0) is 11.3 Å². The number of rotatable bonds is 6. The van der Waals surface area contributed by atoms with Gasteiger partial charge in [-0.3, -0.25) is 9.59 Å². The molecule has 2 aromatic carbocycles. The van der Waals surface area contributed by atoms with Crippen LogP contribution in [0.1, 0.15) is 27.2 Å². The molecule has 0 aliphatic rings. The highest BCUT2D eigenvalue weighted by atomic mass is 79.9. The topological polar surface area (TPSA) is 67.2 Å². The number of likely N-dealkylation sites (N-methyl/N-ethyl adjacent to an activating group) is 1. The fraction of sp³-hybridized carbons (Fsp3) is 0.227. The lowest BCUT2D eigenvalue weighted by Crippen LogP contribution is -2.35. The monoisotopic (exact) mass is 488 g/mol. The van der Waals surface area contributed by atoms with E-state index in [0.717, 1.165) is 10.0 Å². The second-order valence-corrected chi connectivity index (χ2v) is 8.30. The first-order chi connectivity index (χ1) is 14.3. The summed E-state index contributed by atoms with van der Waals surface area (Å²) < 4.78 is 2.37. The van der Waals surface area contributed by atoms with Crippen LogP contribution in [-0.4, -0.2) is 40.1 Å². The number of nitrogens with one attached hydrogen (secondary N) is 1. The molecule has 3 rings (SSSR count). The molecule has 8 heteroatoms. The number of aromatic nitrogens is 2. The Bertz CT molecular complexity index is 1080. The summed E-state index contributed by atoms with van der Waals surface area (Å²) in [6, 6.07) is 15.3. The molecular weight excluding hydrogens is 468 g/mol. The van der Waals surface area contributed by atoms with Crippen molar-refractivity contribution in [2.24, 2.45) is 0 Å². The first-order valence-corrected chi connectivity index (χ1v) is 10.5. The number of hydrogen-bond acceptors (Lipinski definition) is 3. The highest BCUT2D eigenvalue weighted by molar-refractivity contribution is 9.10. The van der Waals surface area contributed by atoms with Crippen molar-refractivity contribution in [3.8, 4) is 0 Å². The minimum absolute atomic E-state index is 0.112. The van der Waals surface area contributed by atoms with Crippen LogP contribution in [0.25, 0.3) is 0 Å². The molecule has 0 atom stereocenters. The number of benzene rings is 2. The van der Waals surface area contributed by atoms with Crippen molar-refractivity contribution in [1.82, 2.24) is 14.7 Å². The van der Waals surface area contributed by atoms with E-state index in [1.54, 1.807) is 24.7 Å². The maximum absolute atomic E-state index is 13.0. The Labute approximate surface area is 189 Å². The van der Waals surface area contributed by atoms with Gasteiger partial charge in [0.2, 0.25) is 5.91 Å². The van der Waals surface area contributed by atoms with Gasteiger partial charge in [-0.05, 0) is 47.5 Å². The van der Waals surface area contributed by atoms with Crippen molar-refractivity contribution in [2.75, 3.05) is 18.9 Å². The van der Waals surface area contributed by atoms with Gasteiger partial charge in [0.05, 0.1) is 30.0 Å². The van der Waals surface area contributed by atoms with Gasteiger partial charge in [0, 0.05) is 11.5 Å². The largest absolute Gasteiger partial charge is 0.332 e. The fourth-order valence-electron chi connectivity index (χ4n) is 3.00. The molecule has 2 amide bonds. The molecule has 0 spiro atoms. The number of para-hydroxylation sites is 1. The molecule has 0 radical (unpaired) electrons. The Morgan fingerprint density at radius 1 is 1.13 bits per heavy atom. The summed E-state index contributed by atoms with van der Waals surface area (Å²) in [5, 5.41) is 7.47. The van der Waals surface area contributed by atoms with E-state index in [-0.39, 0.29) is 23.5 Å². The summed E-state index contributed by atoms with van der Waals surface area (Å²) >= 11 is 9.87. The maximum Gasteiger partial charge on any atom is 0.259 e. The molecule has 0 unspecified atom stereocenters. The number of halogens is 2. The normalized spacial score (nSPS) is 10.7. The molecular formula is C22H22BrClN4O2. The molecule has 0 bridgehead atoms. The second-order valence-electron chi connectivity index (χ2n) is 7.08. The van der Waals surface area contributed by atoms with Crippen LogP contribution < -0.4 is 5.32 Å². The van der Waals surface area contributed by atoms with Crippen LogP contribution in [0.5, 0.6) is 0 Å². The van der Waals surface area contributed by atoms with Crippen LogP contribution in [0.15, 0.2) is 53.0 Å². The predicted molar refractivity (Wildman–Crippen MR) is 122 cm³/mol. The van der Waals surface area contributed by atoms with Crippen LogP contribution in [0.4, 0.5) is 5.69 Å². The van der Waals surface area contributed by atoms with E-state index in [1.165, 1.54) is 10.5 Å². The summed E-state index contributed by atoms with van der Waals surface area (Å²) in [6.07, 6.45) is 0. The van der Waals surface area contributed by atoms with E-state index >= 15 is 0 Å². The first kappa shape index (κ1) is 22.1. The minimum Gasteiger partial charge on any atom is -0.332 e. The highest BCUT2D eigenvalue weighted by Crippen LogP contribution is 2.23. The molecule has 1 heterocycles. The average Bonchev–Trinajstić information content (AvgIpc) is 2.98. The van der Waals surface area contributed by atoms with E-state index in [9.17, 15) is 9.59 Å². The standard InChI is InChI=1S/C22H22BrClN4O2/c1-14-8-10-16(11-9-14)12-28-21(24)20(15(2)26-28)22(30)27(3)13-19(29)25-18-7-5-4-6-17(18)23/h4-11H,12-13H2,1-3H3,(H,25,29). The van der Waals surface area contributed by atoms with E-state index in [4.69, 9.17) is 11.6 Å². The molecule has 156 valence electrons. The van der Waals surface area contributed by atoms with Crippen LogP contribution >= 0.6 is 27.5 Å². The maximum atomic E-state index is 13.0. The number of amides is 2. The lowest BCUT2D eigenvalue weighted by atomic mass is 10.1. The number of anilines is 1. The number of nitrogens with zero attached hydrogens (tertiary/aromatic N) is 3. The second kappa shape index (κ2) is 9.45. The van der Waals surface area contributed by atoms with Gasteiger partial charge in [-0.1, -0.05) is 53.6 Å². The molecule has 1 N–H and O–H groups in total. The van der Waals surface area contributed by atoms with Gasteiger partial charge < -0.3 is 10.2 Å². The van der Waals surface area contributed by atoms with Crippen molar-refractivity contribution < 1.29 is 9.59 Å². The van der Waals surface area contributed by atoms with Gasteiger partial charge >= 0.3 is 0 Å². The van der Waals surface area contributed by atoms with Crippen LogP contribution in [0, 0.1) is 13.8 Å². The summed E-state index contributed by atoms with van der Waals surface area (Å²) in [5.74, 6) is -0.659. The number of carbonyl (C=O) groups excluding carboxylic acids is 2. The number of aryl methyl sites for hydroxylation is 2. The highest BCUT2D eigenvalue weighted by Gasteiger charge is 2.24. The minimum atomic E-state index is -0.352. The van der Waals surface area contributed by atoms with Crippen LogP contribution in [0.2, 0.25) is 5.15 Å². The van der Waals surface area contributed by atoms with Gasteiger partial charge in [-0.15, -0.1) is 0 Å². The molecule has 0 saturated heterocycles. The summed E-state index contributed by atoms with van der Waals surface area (Å²) in [6.45, 7) is 4.10. The fourth-order valence-corrected chi connectivity index (χ4v) is 3.70. The predicted octanol–water partition coefficient (Wildman–Crippen LogP) is 4.67. The van der Waals surface area contributed by atoms with Crippen molar-refractivity contribution in [3.63, 3.8) is 0 Å². The van der Waals surface area contributed by atoms with Crippen molar-refractivity contribution in [2.45, 2.75) is 20.4 Å². The van der Waals surface area contributed by atoms with Gasteiger partial charge in [-0.25, -0.2) is 4.68 Å². The van der Waals surface area contributed by atoms with E-state index in [0.29, 0.717) is 23.5 Å². The van der Waals surface area contributed by atoms with Gasteiger partial charge in [0.15, 0.2) is 0 Å². The molecule has 0 saturated carbocycles. The number of carbonyl (C=O) groups is 2. The zero-order valence-corrected chi connectivity index (χ0v) is 19.3. The molecule has 30 heavy (non-hydrogen) atoms. The molecule has 0 aliphatic heterocycles. The Hall–Kier alpha value is -2.64. The van der Waals surface area contributed by atoms with Crippen molar-refractivity contribution in [1.29, 1.82) is 0 Å². The zero-order valence-electron chi connectivity index (χ0n) is 16.9. The third-order valence-corrected chi connectivity index (χ3v) is 5.68. The lowest BCUT2D eigenvalue weighted by molar-refractivity contribution is -0.116. The van der Waals surface area contributed by atoms with Gasteiger partial charge in [-0.2, -0.15) is 5.10 Å². The molecule has 6 nitrogen and oxygen atoms in total. The SMILES string of the molecule is Cc1ccc(Cn2nc(C)c(C(=O)N(C)CC(=O)Nc3ccccc3Br)c2Cl)cc1. The van der Waals surface area contributed by atoms with E-state index < -0.39 is 0 Å². The van der Waals surface area contributed by atoms with Gasteiger partial charge in [0.25, 0.3) is 5.91 Å². The van der Waals surface area contributed by atoms with E-state index in [2.05, 4.69) is 26.3 Å². The number of hydrogen-bond donors (Lipinski definition) is 1. The third kappa shape index (κ3) is 5.09. The lowest BCUT2D eigenvalue weighted by Gasteiger charge is -2.17. The Balaban J connectivity index is 1.71. The van der Waals surface area contributed by atoms with Crippen molar-refractivity contribution in [3.05, 3.63) is 80.5 Å².